The maximum absolute atomic E-state index is 6.03. The highest BCUT2D eigenvalue weighted by Crippen LogP contribution is 2.16. The van der Waals surface area contributed by atoms with E-state index in [9.17, 15) is 0 Å². The Hall–Kier alpha value is -0.810. The van der Waals surface area contributed by atoms with Crippen molar-refractivity contribution in [2.45, 2.75) is 64.0 Å². The maximum atomic E-state index is 6.03. The molecule has 0 heterocycles. The molecule has 0 amide bonds. The highest BCUT2D eigenvalue weighted by atomic mass is 16.5. The molecule has 1 atom stereocenters. The summed E-state index contributed by atoms with van der Waals surface area (Å²) in [5.74, 6) is 0.580. The van der Waals surface area contributed by atoms with E-state index in [2.05, 4.69) is 29.3 Å². The Kier molecular flexibility index (Phi) is 9.42. The molecular weight excluding hydrogens is 264 g/mol. The van der Waals surface area contributed by atoms with Gasteiger partial charge < -0.3 is 20.7 Å². The summed E-state index contributed by atoms with van der Waals surface area (Å²) in [4.78, 5) is 6.66. The predicted octanol–water partition coefficient (Wildman–Crippen LogP) is 1.97. The van der Waals surface area contributed by atoms with Gasteiger partial charge in [-0.3, -0.25) is 4.99 Å². The van der Waals surface area contributed by atoms with E-state index >= 15 is 0 Å². The van der Waals surface area contributed by atoms with Crippen LogP contribution in [0.4, 0.5) is 0 Å². The molecule has 1 aliphatic carbocycles. The first kappa shape index (κ1) is 18.2. The van der Waals surface area contributed by atoms with Gasteiger partial charge in [-0.15, -0.1) is 0 Å². The minimum absolute atomic E-state index is 0.159. The summed E-state index contributed by atoms with van der Waals surface area (Å²) < 4.78 is 5.74. The monoisotopic (exact) mass is 298 g/mol. The molecule has 3 N–H and O–H groups in total. The molecule has 1 unspecified atom stereocenters. The van der Waals surface area contributed by atoms with E-state index in [0.717, 1.165) is 19.6 Å². The van der Waals surface area contributed by atoms with E-state index in [0.29, 0.717) is 18.5 Å². The summed E-state index contributed by atoms with van der Waals surface area (Å²) in [5, 5.41) is 3.38. The van der Waals surface area contributed by atoms with Crippen molar-refractivity contribution in [3.8, 4) is 0 Å². The van der Waals surface area contributed by atoms with Gasteiger partial charge in [0, 0.05) is 19.2 Å². The predicted molar refractivity (Wildman–Crippen MR) is 89.7 cm³/mol. The summed E-state index contributed by atoms with van der Waals surface area (Å²) in [7, 11) is 4.16. The second-order valence-electron chi connectivity index (χ2n) is 6.23. The molecule has 1 saturated carbocycles. The third kappa shape index (κ3) is 8.94. The van der Waals surface area contributed by atoms with E-state index in [4.69, 9.17) is 10.5 Å². The Labute approximate surface area is 130 Å². The van der Waals surface area contributed by atoms with Gasteiger partial charge in [0.2, 0.25) is 0 Å². The first-order valence-corrected chi connectivity index (χ1v) is 8.44. The fourth-order valence-electron chi connectivity index (χ4n) is 2.74. The van der Waals surface area contributed by atoms with Crippen molar-refractivity contribution in [3.05, 3.63) is 0 Å². The zero-order valence-electron chi connectivity index (χ0n) is 14.1. The van der Waals surface area contributed by atoms with Crippen molar-refractivity contribution in [1.29, 1.82) is 0 Å². The molecule has 21 heavy (non-hydrogen) atoms. The van der Waals surface area contributed by atoms with Crippen molar-refractivity contribution >= 4 is 5.96 Å². The van der Waals surface area contributed by atoms with Crippen LogP contribution in [0, 0.1) is 0 Å². The number of hydrogen-bond acceptors (Lipinski definition) is 3. The summed E-state index contributed by atoms with van der Waals surface area (Å²) in [6, 6.07) is 0.503. The van der Waals surface area contributed by atoms with Crippen molar-refractivity contribution in [2.24, 2.45) is 10.7 Å². The number of nitrogens with one attached hydrogen (secondary N) is 1. The minimum Gasteiger partial charge on any atom is -0.377 e. The van der Waals surface area contributed by atoms with Crippen LogP contribution >= 0.6 is 0 Å². The van der Waals surface area contributed by atoms with Crippen LogP contribution in [-0.2, 0) is 4.74 Å². The van der Waals surface area contributed by atoms with E-state index in [1.165, 1.54) is 38.5 Å². The van der Waals surface area contributed by atoms with Crippen LogP contribution < -0.4 is 11.1 Å². The van der Waals surface area contributed by atoms with Crippen LogP contribution in [0.2, 0.25) is 0 Å². The molecule has 0 saturated heterocycles. The fraction of sp³-hybridized carbons (Fsp3) is 0.938. The van der Waals surface area contributed by atoms with Crippen LogP contribution in [0.15, 0.2) is 4.99 Å². The molecule has 5 nitrogen and oxygen atoms in total. The smallest absolute Gasteiger partial charge is 0.188 e. The normalized spacial score (nSPS) is 19.5. The third-order valence-corrected chi connectivity index (χ3v) is 3.97. The lowest BCUT2D eigenvalue weighted by atomic mass is 10.1. The van der Waals surface area contributed by atoms with Gasteiger partial charge in [0.1, 0.15) is 0 Å². The standard InChI is InChI=1S/C16H34N4O/c1-4-21-15(11-12-20(2)3)13-18-16(17)19-14-9-7-5-6-8-10-14/h14-15H,4-13H2,1-3H3,(H3,17,18,19). The number of nitrogens with two attached hydrogens (primary N) is 1. The topological polar surface area (TPSA) is 62.9 Å². The molecule has 0 bridgehead atoms. The van der Waals surface area contributed by atoms with Gasteiger partial charge in [0.15, 0.2) is 5.96 Å². The minimum atomic E-state index is 0.159. The fourth-order valence-corrected chi connectivity index (χ4v) is 2.74. The molecule has 0 spiro atoms. The average molecular weight is 298 g/mol. The molecule has 124 valence electrons. The first-order chi connectivity index (χ1) is 10.1. The van der Waals surface area contributed by atoms with Crippen LogP contribution in [0.25, 0.3) is 0 Å². The van der Waals surface area contributed by atoms with E-state index in [1.807, 2.05) is 6.92 Å². The number of hydrogen-bond donors (Lipinski definition) is 2. The quantitative estimate of drug-likeness (QED) is 0.408. The zero-order valence-corrected chi connectivity index (χ0v) is 14.1. The van der Waals surface area contributed by atoms with Gasteiger partial charge in [0.05, 0.1) is 12.6 Å². The molecule has 0 radical (unpaired) electrons. The highest BCUT2D eigenvalue weighted by Gasteiger charge is 2.13. The van der Waals surface area contributed by atoms with Gasteiger partial charge in [-0.05, 0) is 40.3 Å². The molecule has 1 fully saturated rings. The van der Waals surface area contributed by atoms with Gasteiger partial charge in [-0.25, -0.2) is 0 Å². The maximum Gasteiger partial charge on any atom is 0.188 e. The lowest BCUT2D eigenvalue weighted by Gasteiger charge is -2.19. The van der Waals surface area contributed by atoms with Crippen molar-refractivity contribution in [2.75, 3.05) is 33.8 Å². The van der Waals surface area contributed by atoms with Crippen LogP contribution in [0.5, 0.6) is 0 Å². The van der Waals surface area contributed by atoms with E-state index in [1.54, 1.807) is 0 Å². The van der Waals surface area contributed by atoms with Gasteiger partial charge in [-0.2, -0.15) is 0 Å². The number of nitrogens with zero attached hydrogens (tertiary/aromatic N) is 2. The molecule has 5 heteroatoms. The van der Waals surface area contributed by atoms with Crippen LogP contribution in [0.3, 0.4) is 0 Å². The van der Waals surface area contributed by atoms with Gasteiger partial charge >= 0.3 is 0 Å². The van der Waals surface area contributed by atoms with Crippen molar-refractivity contribution in [3.63, 3.8) is 0 Å². The summed E-state index contributed by atoms with van der Waals surface area (Å²) in [6.45, 7) is 4.41. The molecule has 1 aliphatic rings. The van der Waals surface area contributed by atoms with E-state index < -0.39 is 0 Å². The molecule has 0 aromatic carbocycles. The average Bonchev–Trinajstić information content (AvgIpc) is 2.70. The first-order valence-electron chi connectivity index (χ1n) is 8.44. The Balaban J connectivity index is 2.35. The summed E-state index contributed by atoms with van der Waals surface area (Å²) in [6.07, 6.45) is 8.88. The van der Waals surface area contributed by atoms with Gasteiger partial charge in [-0.1, -0.05) is 25.7 Å². The van der Waals surface area contributed by atoms with Crippen LogP contribution in [0.1, 0.15) is 51.9 Å². The largest absolute Gasteiger partial charge is 0.377 e. The second-order valence-corrected chi connectivity index (χ2v) is 6.23. The number of ether oxygens (including phenoxy) is 1. The Morgan fingerprint density at radius 2 is 1.95 bits per heavy atom. The van der Waals surface area contributed by atoms with Crippen molar-refractivity contribution < 1.29 is 4.74 Å². The second kappa shape index (κ2) is 10.9. The van der Waals surface area contributed by atoms with Crippen LogP contribution in [-0.4, -0.2) is 56.8 Å². The molecule has 1 rings (SSSR count). The Morgan fingerprint density at radius 1 is 1.29 bits per heavy atom. The van der Waals surface area contributed by atoms with E-state index in [-0.39, 0.29) is 6.10 Å². The molecule has 0 aromatic rings. The number of aliphatic imine (C=N–C) groups is 1. The lowest BCUT2D eigenvalue weighted by molar-refractivity contribution is 0.0582. The highest BCUT2D eigenvalue weighted by molar-refractivity contribution is 5.78. The van der Waals surface area contributed by atoms with Gasteiger partial charge in [0.25, 0.3) is 0 Å². The van der Waals surface area contributed by atoms with Crippen molar-refractivity contribution in [1.82, 2.24) is 10.2 Å². The molecule has 0 aliphatic heterocycles. The molecule has 0 aromatic heterocycles. The summed E-state index contributed by atoms with van der Waals surface area (Å²) in [5.41, 5.74) is 6.03. The SMILES string of the molecule is CCOC(CCN(C)C)CN=C(N)NC1CCCCCC1. The zero-order chi connectivity index (χ0) is 15.5. The number of guanidine groups is 1. The lowest BCUT2D eigenvalue weighted by Crippen LogP contribution is -2.40. The Morgan fingerprint density at radius 3 is 2.52 bits per heavy atom. The Bertz CT molecular complexity index is 286. The summed E-state index contributed by atoms with van der Waals surface area (Å²) >= 11 is 0. The molecular formula is C16H34N4O. The number of rotatable bonds is 8. The third-order valence-electron chi connectivity index (χ3n) is 3.97.